The highest BCUT2D eigenvalue weighted by atomic mass is 32.2. The normalized spacial score (nSPS) is 22.6. The summed E-state index contributed by atoms with van der Waals surface area (Å²) in [6.45, 7) is 3.81. The maximum Gasteiger partial charge on any atom is 0.178 e. The van der Waals surface area contributed by atoms with Crippen LogP contribution in [0.3, 0.4) is 0 Å². The largest absolute Gasteiger partial charge is 0.493 e. The van der Waals surface area contributed by atoms with Crippen LogP contribution in [0.25, 0.3) is 0 Å². The van der Waals surface area contributed by atoms with Crippen molar-refractivity contribution in [1.29, 1.82) is 5.26 Å². The number of benzene rings is 2. The van der Waals surface area contributed by atoms with Gasteiger partial charge in [0, 0.05) is 30.8 Å². The molecular weight excluding hydrogens is 496 g/mol. The summed E-state index contributed by atoms with van der Waals surface area (Å²) in [6.07, 6.45) is 5.38. The SMILES string of the molecule is C[C@@H]1C[C@H](COc2ccc(S(=O)(=O)CCCS(C)(=O)=O)cc2)CN1[C@H]1CCc2ccc(C#N)cc2C1. The summed E-state index contributed by atoms with van der Waals surface area (Å²) in [5.74, 6) is 0.691. The van der Waals surface area contributed by atoms with E-state index in [9.17, 15) is 22.1 Å². The standard InChI is InChI=1S/C27H34N2O5S2/c1-20-14-22(18-29(20)25-7-6-23-5-4-21(17-28)15-24(23)16-25)19-34-26-8-10-27(11-9-26)36(32,33)13-3-12-35(2,30)31/h4-5,8-11,15,20,22,25H,3,6-7,12-14,16,18-19H2,1-2H3/t20-,22+,25+/m1/s1. The van der Waals surface area contributed by atoms with Crippen LogP contribution in [0.15, 0.2) is 47.4 Å². The fourth-order valence-corrected chi connectivity index (χ4v) is 7.64. The van der Waals surface area contributed by atoms with E-state index in [2.05, 4.69) is 24.0 Å². The van der Waals surface area contributed by atoms with Crippen molar-refractivity contribution in [1.82, 2.24) is 4.90 Å². The van der Waals surface area contributed by atoms with E-state index >= 15 is 0 Å². The molecule has 0 saturated carbocycles. The Hall–Kier alpha value is -2.41. The highest BCUT2D eigenvalue weighted by Gasteiger charge is 2.35. The van der Waals surface area contributed by atoms with E-state index < -0.39 is 19.7 Å². The Kier molecular flexibility index (Phi) is 8.08. The molecule has 0 aromatic heterocycles. The van der Waals surface area contributed by atoms with E-state index in [-0.39, 0.29) is 22.8 Å². The summed E-state index contributed by atoms with van der Waals surface area (Å²) in [6, 6.07) is 15.6. The van der Waals surface area contributed by atoms with Crippen molar-refractivity contribution in [2.24, 2.45) is 5.92 Å². The third kappa shape index (κ3) is 6.67. The molecular formula is C27H34N2O5S2. The molecule has 0 N–H and O–H groups in total. The van der Waals surface area contributed by atoms with Crippen molar-refractivity contribution in [3.05, 3.63) is 59.2 Å². The lowest BCUT2D eigenvalue weighted by Crippen LogP contribution is -2.41. The number of fused-ring (bicyclic) bond motifs is 1. The first-order chi connectivity index (χ1) is 17.0. The zero-order valence-electron chi connectivity index (χ0n) is 20.9. The van der Waals surface area contributed by atoms with Crippen LogP contribution in [-0.4, -0.2) is 64.7 Å². The Bertz CT molecular complexity index is 1330. The molecule has 2 aromatic carbocycles. The van der Waals surface area contributed by atoms with Crippen molar-refractivity contribution < 1.29 is 21.6 Å². The number of hydrogen-bond donors (Lipinski definition) is 0. The van der Waals surface area contributed by atoms with Gasteiger partial charge in [-0.1, -0.05) is 6.07 Å². The van der Waals surface area contributed by atoms with Gasteiger partial charge in [-0.3, -0.25) is 4.90 Å². The first-order valence-corrected chi connectivity index (χ1v) is 16.2. The Labute approximate surface area is 214 Å². The molecule has 0 bridgehead atoms. The molecule has 3 atom stereocenters. The molecule has 0 unspecified atom stereocenters. The predicted octanol–water partition coefficient (Wildman–Crippen LogP) is 3.41. The third-order valence-electron chi connectivity index (χ3n) is 7.31. The van der Waals surface area contributed by atoms with Crippen LogP contribution in [-0.2, 0) is 32.5 Å². The summed E-state index contributed by atoms with van der Waals surface area (Å²) in [5.41, 5.74) is 3.38. The highest BCUT2D eigenvalue weighted by Crippen LogP contribution is 2.32. The van der Waals surface area contributed by atoms with E-state index in [1.54, 1.807) is 12.1 Å². The van der Waals surface area contributed by atoms with Crippen molar-refractivity contribution in [3.63, 3.8) is 0 Å². The van der Waals surface area contributed by atoms with Gasteiger partial charge < -0.3 is 4.74 Å². The molecule has 1 fully saturated rings. The number of rotatable bonds is 9. The average molecular weight is 531 g/mol. The highest BCUT2D eigenvalue weighted by molar-refractivity contribution is 7.92. The lowest BCUT2D eigenvalue weighted by molar-refractivity contribution is 0.164. The minimum Gasteiger partial charge on any atom is -0.493 e. The minimum absolute atomic E-state index is 0.0852. The van der Waals surface area contributed by atoms with E-state index in [4.69, 9.17) is 4.74 Å². The van der Waals surface area contributed by atoms with Crippen LogP contribution in [0.1, 0.15) is 42.9 Å². The second-order valence-corrected chi connectivity index (χ2v) is 14.6. The Morgan fingerprint density at radius 1 is 1.06 bits per heavy atom. The van der Waals surface area contributed by atoms with E-state index in [1.807, 2.05) is 12.1 Å². The van der Waals surface area contributed by atoms with Crippen molar-refractivity contribution >= 4 is 19.7 Å². The number of likely N-dealkylation sites (tertiary alicyclic amines) is 1. The molecule has 7 nitrogen and oxygen atoms in total. The zero-order chi connectivity index (χ0) is 25.9. The monoisotopic (exact) mass is 530 g/mol. The van der Waals surface area contributed by atoms with Crippen LogP contribution in [0, 0.1) is 17.2 Å². The fourth-order valence-electron chi connectivity index (χ4n) is 5.48. The lowest BCUT2D eigenvalue weighted by Gasteiger charge is -2.35. The number of ether oxygens (including phenoxy) is 1. The molecule has 1 heterocycles. The molecule has 9 heteroatoms. The van der Waals surface area contributed by atoms with Gasteiger partial charge in [-0.15, -0.1) is 0 Å². The second-order valence-electron chi connectivity index (χ2n) is 10.2. The van der Waals surface area contributed by atoms with Gasteiger partial charge in [0.1, 0.15) is 15.6 Å². The summed E-state index contributed by atoms with van der Waals surface area (Å²) in [5, 5.41) is 9.24. The van der Waals surface area contributed by atoms with Crippen LogP contribution in [0.4, 0.5) is 0 Å². The molecule has 1 aliphatic heterocycles. The number of hydrogen-bond acceptors (Lipinski definition) is 7. The molecule has 1 aliphatic carbocycles. The third-order valence-corrected chi connectivity index (χ3v) is 10.2. The maximum absolute atomic E-state index is 12.5. The molecule has 0 amide bonds. The molecule has 194 valence electrons. The van der Waals surface area contributed by atoms with Crippen LogP contribution >= 0.6 is 0 Å². The Morgan fingerprint density at radius 3 is 2.50 bits per heavy atom. The van der Waals surface area contributed by atoms with Crippen LogP contribution < -0.4 is 4.74 Å². The Balaban J connectivity index is 1.29. The van der Waals surface area contributed by atoms with Gasteiger partial charge in [0.2, 0.25) is 0 Å². The van der Waals surface area contributed by atoms with E-state index in [1.165, 1.54) is 23.3 Å². The smallest absolute Gasteiger partial charge is 0.178 e. The van der Waals surface area contributed by atoms with Gasteiger partial charge in [-0.05, 0) is 86.6 Å². The van der Waals surface area contributed by atoms with Gasteiger partial charge >= 0.3 is 0 Å². The minimum atomic E-state index is -3.53. The molecule has 0 spiro atoms. The second kappa shape index (κ2) is 10.9. The van der Waals surface area contributed by atoms with E-state index in [0.717, 1.165) is 44.0 Å². The summed E-state index contributed by atoms with van der Waals surface area (Å²) in [7, 11) is -6.71. The molecule has 2 aliphatic rings. The van der Waals surface area contributed by atoms with Gasteiger partial charge in [-0.2, -0.15) is 5.26 Å². The molecule has 0 radical (unpaired) electrons. The number of aryl methyl sites for hydroxylation is 1. The maximum atomic E-state index is 12.5. The van der Waals surface area contributed by atoms with Crippen molar-refractivity contribution in [3.8, 4) is 11.8 Å². The van der Waals surface area contributed by atoms with E-state index in [0.29, 0.717) is 30.4 Å². The first-order valence-electron chi connectivity index (χ1n) is 12.4. The topological polar surface area (TPSA) is 105 Å². The molecule has 36 heavy (non-hydrogen) atoms. The van der Waals surface area contributed by atoms with Crippen LogP contribution in [0.5, 0.6) is 5.75 Å². The van der Waals surface area contributed by atoms with Crippen LogP contribution in [0.2, 0.25) is 0 Å². The Morgan fingerprint density at radius 2 is 1.81 bits per heavy atom. The molecule has 1 saturated heterocycles. The zero-order valence-corrected chi connectivity index (χ0v) is 22.5. The predicted molar refractivity (Wildman–Crippen MR) is 140 cm³/mol. The lowest BCUT2D eigenvalue weighted by atomic mass is 9.86. The van der Waals surface area contributed by atoms with Gasteiger partial charge in [0.05, 0.1) is 34.6 Å². The molecule has 4 rings (SSSR count). The number of sulfone groups is 2. The summed E-state index contributed by atoms with van der Waals surface area (Å²) in [4.78, 5) is 2.77. The fraction of sp³-hybridized carbons (Fsp3) is 0.519. The summed E-state index contributed by atoms with van der Waals surface area (Å²) < 4.78 is 53.5. The number of nitriles is 1. The van der Waals surface area contributed by atoms with Gasteiger partial charge in [0.25, 0.3) is 0 Å². The van der Waals surface area contributed by atoms with Crippen molar-refractivity contribution in [2.45, 2.75) is 56.0 Å². The first kappa shape index (κ1) is 26.6. The average Bonchev–Trinajstić information content (AvgIpc) is 3.21. The van der Waals surface area contributed by atoms with Gasteiger partial charge in [-0.25, -0.2) is 16.8 Å². The van der Waals surface area contributed by atoms with Crippen molar-refractivity contribution in [2.75, 3.05) is 30.9 Å². The summed E-state index contributed by atoms with van der Waals surface area (Å²) >= 11 is 0. The van der Waals surface area contributed by atoms with Gasteiger partial charge in [0.15, 0.2) is 9.84 Å². The quantitative estimate of drug-likeness (QED) is 0.489. The number of nitrogens with zero attached hydrogens (tertiary/aromatic N) is 2. The molecule has 2 aromatic rings.